The van der Waals surface area contributed by atoms with E-state index in [1.165, 1.54) is 0 Å². The van der Waals surface area contributed by atoms with Gasteiger partial charge in [0.25, 0.3) is 0 Å². The quantitative estimate of drug-likeness (QED) is 0.368. The third-order valence-corrected chi connectivity index (χ3v) is 5.75. The van der Waals surface area contributed by atoms with Gasteiger partial charge in [-0.05, 0) is 34.4 Å². The molecule has 5 heteroatoms. The van der Waals surface area contributed by atoms with Crippen LogP contribution in [0.2, 0.25) is 0 Å². The molecule has 0 saturated carbocycles. The van der Waals surface area contributed by atoms with Gasteiger partial charge in [0.15, 0.2) is 0 Å². The van der Waals surface area contributed by atoms with Gasteiger partial charge in [-0.1, -0.05) is 103 Å². The van der Waals surface area contributed by atoms with E-state index < -0.39 is 12.1 Å². The summed E-state index contributed by atoms with van der Waals surface area (Å²) in [4.78, 5) is 25.8. The summed E-state index contributed by atoms with van der Waals surface area (Å²) >= 11 is 0. The predicted octanol–water partition coefficient (Wildman–Crippen LogP) is 5.55. The first-order valence-corrected chi connectivity index (χ1v) is 11.4. The van der Waals surface area contributed by atoms with Crippen LogP contribution in [0.4, 0.5) is 4.79 Å². The van der Waals surface area contributed by atoms with Crippen molar-refractivity contribution in [2.75, 3.05) is 0 Å². The molecule has 2 amide bonds. The third kappa shape index (κ3) is 6.01. The molecule has 5 nitrogen and oxygen atoms in total. The lowest BCUT2D eigenvalue weighted by atomic mass is 9.99. The number of hydrogen-bond acceptors (Lipinski definition) is 3. The first-order valence-electron chi connectivity index (χ1n) is 11.4. The lowest BCUT2D eigenvalue weighted by molar-refractivity contribution is -0.123. The van der Waals surface area contributed by atoms with E-state index in [1.54, 1.807) is 0 Å². The van der Waals surface area contributed by atoms with Crippen molar-refractivity contribution in [2.45, 2.75) is 32.0 Å². The molecule has 2 atom stereocenters. The monoisotopic (exact) mass is 452 g/mol. The van der Waals surface area contributed by atoms with Gasteiger partial charge in [0.2, 0.25) is 5.91 Å². The van der Waals surface area contributed by atoms with Gasteiger partial charge >= 0.3 is 6.09 Å². The Morgan fingerprint density at radius 1 is 0.735 bits per heavy atom. The van der Waals surface area contributed by atoms with Gasteiger partial charge in [0.1, 0.15) is 12.6 Å². The van der Waals surface area contributed by atoms with E-state index in [0.717, 1.165) is 27.5 Å². The fraction of sp³-hybridized carbons (Fsp3) is 0.172. The Bertz CT molecular complexity index is 1240. The molecule has 172 valence electrons. The Hall–Kier alpha value is -4.12. The lowest BCUT2D eigenvalue weighted by Crippen LogP contribution is -2.48. The van der Waals surface area contributed by atoms with Crippen molar-refractivity contribution in [3.8, 4) is 0 Å². The summed E-state index contributed by atoms with van der Waals surface area (Å²) in [5, 5.41) is 8.04. The van der Waals surface area contributed by atoms with Crippen molar-refractivity contribution in [3.05, 3.63) is 120 Å². The van der Waals surface area contributed by atoms with E-state index in [9.17, 15) is 9.59 Å². The van der Waals surface area contributed by atoms with Gasteiger partial charge in [-0.25, -0.2) is 4.79 Å². The van der Waals surface area contributed by atoms with Crippen LogP contribution in [-0.4, -0.2) is 18.0 Å². The molecule has 0 aliphatic rings. The third-order valence-electron chi connectivity index (χ3n) is 5.75. The van der Waals surface area contributed by atoms with Crippen LogP contribution in [0.15, 0.2) is 103 Å². The number of ether oxygens (including phenoxy) is 1. The molecule has 2 N–H and O–H groups in total. The first-order chi connectivity index (χ1) is 16.6. The molecule has 4 aromatic carbocycles. The van der Waals surface area contributed by atoms with Crippen molar-refractivity contribution in [1.29, 1.82) is 0 Å². The zero-order valence-corrected chi connectivity index (χ0v) is 19.1. The van der Waals surface area contributed by atoms with E-state index >= 15 is 0 Å². The summed E-state index contributed by atoms with van der Waals surface area (Å²) in [6, 6.07) is 32.2. The van der Waals surface area contributed by atoms with Gasteiger partial charge in [-0.3, -0.25) is 4.79 Å². The Balaban J connectivity index is 1.47. The summed E-state index contributed by atoms with van der Waals surface area (Å²) in [7, 11) is 0. The molecule has 0 saturated heterocycles. The summed E-state index contributed by atoms with van der Waals surface area (Å²) in [5.41, 5.74) is 2.85. The second kappa shape index (κ2) is 11.1. The average Bonchev–Trinajstić information content (AvgIpc) is 2.88. The van der Waals surface area contributed by atoms with E-state index in [0.29, 0.717) is 6.42 Å². The maximum atomic E-state index is 13.3. The highest BCUT2D eigenvalue weighted by Gasteiger charge is 2.24. The molecule has 0 heterocycles. The van der Waals surface area contributed by atoms with Gasteiger partial charge in [0, 0.05) is 6.42 Å². The number of amides is 2. The topological polar surface area (TPSA) is 67.4 Å². The van der Waals surface area contributed by atoms with Crippen LogP contribution in [-0.2, 0) is 22.6 Å². The molecule has 34 heavy (non-hydrogen) atoms. The molecular weight excluding hydrogens is 424 g/mol. The van der Waals surface area contributed by atoms with Crippen LogP contribution in [0.5, 0.6) is 0 Å². The SMILES string of the molecule is C[C@H](NC(=O)[C@H](Cc1ccccc1)NC(=O)OCc1ccccc1)c1cccc2ccccc12. The fourth-order valence-electron chi connectivity index (χ4n) is 3.99. The highest BCUT2D eigenvalue weighted by Crippen LogP contribution is 2.24. The maximum Gasteiger partial charge on any atom is 0.408 e. The number of carbonyl (C=O) groups is 2. The molecule has 0 bridgehead atoms. The number of hydrogen-bond donors (Lipinski definition) is 2. The fourth-order valence-corrected chi connectivity index (χ4v) is 3.99. The van der Waals surface area contributed by atoms with Crippen molar-refractivity contribution in [2.24, 2.45) is 0 Å². The number of carbonyl (C=O) groups excluding carboxylic acids is 2. The number of fused-ring (bicyclic) bond motifs is 1. The molecule has 4 rings (SSSR count). The Morgan fingerprint density at radius 3 is 2.09 bits per heavy atom. The van der Waals surface area contributed by atoms with Crippen LogP contribution < -0.4 is 10.6 Å². The van der Waals surface area contributed by atoms with Gasteiger partial charge in [0.05, 0.1) is 6.04 Å². The minimum atomic E-state index is -0.775. The number of benzene rings is 4. The van der Waals surface area contributed by atoms with Crippen molar-refractivity contribution < 1.29 is 14.3 Å². The van der Waals surface area contributed by atoms with Crippen LogP contribution in [0.3, 0.4) is 0 Å². The molecule has 0 fully saturated rings. The Kier molecular flexibility index (Phi) is 7.56. The summed E-state index contributed by atoms with van der Waals surface area (Å²) < 4.78 is 5.36. The zero-order valence-electron chi connectivity index (χ0n) is 19.1. The molecule has 0 radical (unpaired) electrons. The smallest absolute Gasteiger partial charge is 0.408 e. The summed E-state index contributed by atoms with van der Waals surface area (Å²) in [5.74, 6) is -0.263. The highest BCUT2D eigenvalue weighted by atomic mass is 16.5. The predicted molar refractivity (Wildman–Crippen MR) is 134 cm³/mol. The molecule has 0 unspecified atom stereocenters. The molecule has 0 aromatic heterocycles. The van der Waals surface area contributed by atoms with Crippen LogP contribution in [0.1, 0.15) is 29.7 Å². The van der Waals surface area contributed by atoms with Gasteiger partial charge in [-0.15, -0.1) is 0 Å². The molecular formula is C29H28N2O3. The minimum Gasteiger partial charge on any atom is -0.445 e. The van der Waals surface area contributed by atoms with Gasteiger partial charge in [-0.2, -0.15) is 0 Å². The van der Waals surface area contributed by atoms with E-state index in [1.807, 2.05) is 97.9 Å². The normalized spacial score (nSPS) is 12.5. The number of nitrogens with one attached hydrogen (secondary N) is 2. The van der Waals surface area contributed by atoms with Gasteiger partial charge < -0.3 is 15.4 Å². The highest BCUT2D eigenvalue weighted by molar-refractivity contribution is 5.89. The Morgan fingerprint density at radius 2 is 1.35 bits per heavy atom. The molecule has 4 aromatic rings. The standard InChI is InChI=1S/C29H28N2O3/c1-21(25-18-10-16-24-15-8-9-17-26(24)25)30-28(32)27(19-22-11-4-2-5-12-22)31-29(33)34-20-23-13-6-3-7-14-23/h2-18,21,27H,19-20H2,1H3,(H,30,32)(H,31,33)/t21-,27-/m0/s1. The average molecular weight is 453 g/mol. The molecule has 0 aliphatic carbocycles. The van der Waals surface area contributed by atoms with Crippen molar-refractivity contribution in [1.82, 2.24) is 10.6 Å². The van der Waals surface area contributed by atoms with E-state index in [2.05, 4.69) is 22.8 Å². The second-order valence-corrected chi connectivity index (χ2v) is 8.25. The Labute approximate surface area is 199 Å². The van der Waals surface area contributed by atoms with Crippen molar-refractivity contribution >= 4 is 22.8 Å². The summed E-state index contributed by atoms with van der Waals surface area (Å²) in [6.07, 6.45) is -0.271. The minimum absolute atomic E-state index is 0.138. The van der Waals surface area contributed by atoms with Crippen LogP contribution in [0, 0.1) is 0 Å². The first kappa shape index (κ1) is 23.1. The maximum absolute atomic E-state index is 13.3. The van der Waals surface area contributed by atoms with E-state index in [4.69, 9.17) is 4.74 Å². The van der Waals surface area contributed by atoms with Crippen LogP contribution in [0.25, 0.3) is 10.8 Å². The van der Waals surface area contributed by atoms with Crippen LogP contribution >= 0.6 is 0 Å². The largest absolute Gasteiger partial charge is 0.445 e. The second-order valence-electron chi connectivity index (χ2n) is 8.25. The molecule has 0 aliphatic heterocycles. The van der Waals surface area contributed by atoms with Crippen molar-refractivity contribution in [3.63, 3.8) is 0 Å². The number of alkyl carbamates (subject to hydrolysis) is 1. The lowest BCUT2D eigenvalue weighted by Gasteiger charge is -2.22. The van der Waals surface area contributed by atoms with E-state index in [-0.39, 0.29) is 18.6 Å². The summed E-state index contributed by atoms with van der Waals surface area (Å²) in [6.45, 7) is 2.09. The zero-order chi connectivity index (χ0) is 23.8. The number of rotatable bonds is 8. The molecule has 0 spiro atoms.